The predicted molar refractivity (Wildman–Crippen MR) is 97.1 cm³/mol. The van der Waals surface area contributed by atoms with E-state index >= 15 is 0 Å². The molecular formula is C19H23NOS. The number of carbonyl (C=O) groups excluding carboxylic acids is 1. The van der Waals surface area contributed by atoms with Gasteiger partial charge in [0.1, 0.15) is 0 Å². The highest BCUT2D eigenvalue weighted by Crippen LogP contribution is 2.15. The summed E-state index contributed by atoms with van der Waals surface area (Å²) in [4.78, 5) is 12.4. The van der Waals surface area contributed by atoms with Crippen molar-refractivity contribution in [2.45, 2.75) is 25.7 Å². The number of carbonyl (C=O) groups is 1. The first-order valence-corrected chi connectivity index (χ1v) is 8.49. The zero-order valence-corrected chi connectivity index (χ0v) is 13.7. The van der Waals surface area contributed by atoms with Crippen molar-refractivity contribution in [2.75, 3.05) is 17.6 Å². The molecule has 2 rings (SSSR count). The maximum Gasteiger partial charge on any atom is 0.193 e. The fraction of sp³-hybridized carbons (Fsp3) is 0.316. The van der Waals surface area contributed by atoms with E-state index in [9.17, 15) is 4.79 Å². The lowest BCUT2D eigenvalue weighted by Crippen LogP contribution is -2.04. The van der Waals surface area contributed by atoms with Gasteiger partial charge >= 0.3 is 0 Å². The van der Waals surface area contributed by atoms with Gasteiger partial charge in [-0.1, -0.05) is 55.3 Å². The lowest BCUT2D eigenvalue weighted by molar-refractivity contribution is 0.103. The largest absolute Gasteiger partial charge is 0.385 e. The molecule has 116 valence electrons. The van der Waals surface area contributed by atoms with Crippen molar-refractivity contribution in [2.24, 2.45) is 0 Å². The third-order valence-electron chi connectivity index (χ3n) is 3.57. The number of rotatable bonds is 9. The fourth-order valence-electron chi connectivity index (χ4n) is 2.35. The van der Waals surface area contributed by atoms with E-state index in [4.69, 9.17) is 0 Å². The van der Waals surface area contributed by atoms with Crippen LogP contribution >= 0.6 is 12.6 Å². The van der Waals surface area contributed by atoms with E-state index in [0.717, 1.165) is 35.5 Å². The maximum absolute atomic E-state index is 12.4. The fourth-order valence-corrected chi connectivity index (χ4v) is 2.57. The van der Waals surface area contributed by atoms with Gasteiger partial charge in [0.25, 0.3) is 0 Å². The van der Waals surface area contributed by atoms with Gasteiger partial charge in [-0.05, 0) is 30.7 Å². The van der Waals surface area contributed by atoms with Crippen LogP contribution in [0.4, 0.5) is 5.69 Å². The minimum absolute atomic E-state index is 0.0676. The number of anilines is 1. The average Bonchev–Trinajstić information content (AvgIpc) is 2.58. The SMILES string of the molecule is O=C(c1ccccc1)c1cccc(NCCCCCCS)c1. The van der Waals surface area contributed by atoms with Gasteiger partial charge in [-0.3, -0.25) is 4.79 Å². The Labute approximate surface area is 138 Å². The molecule has 0 unspecified atom stereocenters. The van der Waals surface area contributed by atoms with Gasteiger partial charge in [-0.15, -0.1) is 0 Å². The van der Waals surface area contributed by atoms with Crippen molar-refractivity contribution in [3.05, 3.63) is 65.7 Å². The lowest BCUT2D eigenvalue weighted by Gasteiger charge is -2.08. The summed E-state index contributed by atoms with van der Waals surface area (Å²) in [6.45, 7) is 0.940. The summed E-state index contributed by atoms with van der Waals surface area (Å²) in [5, 5.41) is 3.40. The molecule has 0 bridgehead atoms. The third kappa shape index (κ3) is 5.23. The van der Waals surface area contributed by atoms with Crippen LogP contribution in [0.2, 0.25) is 0 Å². The lowest BCUT2D eigenvalue weighted by atomic mass is 10.0. The molecule has 0 fully saturated rings. The molecule has 0 amide bonds. The predicted octanol–water partition coefficient (Wildman–Crippen LogP) is 4.82. The van der Waals surface area contributed by atoms with Crippen molar-refractivity contribution in [1.29, 1.82) is 0 Å². The molecule has 0 aromatic heterocycles. The Morgan fingerprint density at radius 1 is 0.864 bits per heavy atom. The molecule has 0 radical (unpaired) electrons. The first-order valence-electron chi connectivity index (χ1n) is 7.86. The average molecular weight is 313 g/mol. The Morgan fingerprint density at radius 3 is 2.36 bits per heavy atom. The minimum Gasteiger partial charge on any atom is -0.385 e. The Bertz CT molecular complexity index is 583. The molecule has 3 heteroatoms. The number of nitrogens with one attached hydrogen (secondary N) is 1. The van der Waals surface area contributed by atoms with Gasteiger partial charge in [0, 0.05) is 23.4 Å². The second-order valence-electron chi connectivity index (χ2n) is 5.34. The summed E-state index contributed by atoms with van der Waals surface area (Å²) < 4.78 is 0. The second-order valence-corrected chi connectivity index (χ2v) is 5.79. The van der Waals surface area contributed by atoms with Crippen LogP contribution in [0.15, 0.2) is 54.6 Å². The van der Waals surface area contributed by atoms with Crippen LogP contribution in [0.25, 0.3) is 0 Å². The third-order valence-corrected chi connectivity index (χ3v) is 3.89. The van der Waals surface area contributed by atoms with Gasteiger partial charge < -0.3 is 5.32 Å². The molecule has 0 atom stereocenters. The Hall–Kier alpha value is -1.74. The van der Waals surface area contributed by atoms with E-state index in [2.05, 4.69) is 17.9 Å². The molecule has 0 spiro atoms. The first-order chi connectivity index (χ1) is 10.8. The zero-order valence-electron chi connectivity index (χ0n) is 12.8. The molecule has 0 aliphatic heterocycles. The summed E-state index contributed by atoms with van der Waals surface area (Å²) in [7, 11) is 0. The van der Waals surface area contributed by atoms with E-state index < -0.39 is 0 Å². The number of ketones is 1. The highest BCUT2D eigenvalue weighted by atomic mass is 32.1. The van der Waals surface area contributed by atoms with Crippen molar-refractivity contribution >= 4 is 24.1 Å². The zero-order chi connectivity index (χ0) is 15.6. The monoisotopic (exact) mass is 313 g/mol. The van der Waals surface area contributed by atoms with Crippen LogP contribution in [0.3, 0.4) is 0 Å². The molecule has 0 saturated carbocycles. The molecule has 2 aromatic rings. The summed E-state index contributed by atoms with van der Waals surface area (Å²) >= 11 is 4.22. The summed E-state index contributed by atoms with van der Waals surface area (Å²) in [6, 6.07) is 17.1. The molecule has 22 heavy (non-hydrogen) atoms. The highest BCUT2D eigenvalue weighted by molar-refractivity contribution is 7.80. The summed E-state index contributed by atoms with van der Waals surface area (Å²) in [5.74, 6) is 1.04. The van der Waals surface area contributed by atoms with Crippen molar-refractivity contribution < 1.29 is 4.79 Å². The van der Waals surface area contributed by atoms with Crippen molar-refractivity contribution in [3.63, 3.8) is 0 Å². The van der Waals surface area contributed by atoms with E-state index in [1.54, 1.807) is 0 Å². The number of hydrogen-bond donors (Lipinski definition) is 2. The molecule has 0 saturated heterocycles. The molecule has 0 aliphatic carbocycles. The van der Waals surface area contributed by atoms with Crippen LogP contribution < -0.4 is 5.32 Å². The van der Waals surface area contributed by atoms with Crippen LogP contribution in [0.5, 0.6) is 0 Å². The van der Waals surface area contributed by atoms with Crippen molar-refractivity contribution in [3.8, 4) is 0 Å². The van der Waals surface area contributed by atoms with E-state index in [1.807, 2.05) is 54.6 Å². The highest BCUT2D eigenvalue weighted by Gasteiger charge is 2.08. The van der Waals surface area contributed by atoms with Gasteiger partial charge in [0.2, 0.25) is 0 Å². The van der Waals surface area contributed by atoms with Crippen LogP contribution in [0.1, 0.15) is 41.6 Å². The number of thiol groups is 1. The van der Waals surface area contributed by atoms with E-state index in [0.29, 0.717) is 0 Å². The first kappa shape index (κ1) is 16.6. The number of unbranched alkanes of at least 4 members (excludes halogenated alkanes) is 3. The van der Waals surface area contributed by atoms with Crippen LogP contribution in [-0.4, -0.2) is 18.1 Å². The van der Waals surface area contributed by atoms with Crippen molar-refractivity contribution in [1.82, 2.24) is 0 Å². The van der Waals surface area contributed by atoms with Crippen LogP contribution in [0, 0.1) is 0 Å². The number of hydrogen-bond acceptors (Lipinski definition) is 3. The van der Waals surface area contributed by atoms with E-state index in [1.165, 1.54) is 19.3 Å². The molecule has 2 aromatic carbocycles. The van der Waals surface area contributed by atoms with Gasteiger partial charge in [-0.25, -0.2) is 0 Å². The molecule has 0 aliphatic rings. The summed E-state index contributed by atoms with van der Waals surface area (Å²) in [5.41, 5.74) is 2.47. The standard InChI is InChI=1S/C19H23NOS/c21-19(16-9-4-3-5-10-16)17-11-8-12-18(15-17)20-13-6-1-2-7-14-22/h3-5,8-12,15,20,22H,1-2,6-7,13-14H2. The Morgan fingerprint density at radius 2 is 1.59 bits per heavy atom. The molecule has 1 N–H and O–H groups in total. The Balaban J connectivity index is 1.89. The van der Waals surface area contributed by atoms with Gasteiger partial charge in [0.15, 0.2) is 5.78 Å². The molecule has 0 heterocycles. The Kier molecular flexibility index (Phi) is 7.04. The maximum atomic E-state index is 12.4. The second kappa shape index (κ2) is 9.31. The van der Waals surface area contributed by atoms with Gasteiger partial charge in [-0.2, -0.15) is 12.6 Å². The summed E-state index contributed by atoms with van der Waals surface area (Å²) in [6.07, 6.45) is 4.78. The quantitative estimate of drug-likeness (QED) is 0.395. The molecular weight excluding hydrogens is 290 g/mol. The van der Waals surface area contributed by atoms with Gasteiger partial charge in [0.05, 0.1) is 0 Å². The minimum atomic E-state index is 0.0676. The van der Waals surface area contributed by atoms with E-state index in [-0.39, 0.29) is 5.78 Å². The number of benzene rings is 2. The van der Waals surface area contributed by atoms with Crippen LogP contribution in [-0.2, 0) is 0 Å². The molecule has 2 nitrogen and oxygen atoms in total. The smallest absolute Gasteiger partial charge is 0.193 e. The normalized spacial score (nSPS) is 10.4. The topological polar surface area (TPSA) is 29.1 Å².